The van der Waals surface area contributed by atoms with Crippen LogP contribution in [0, 0.1) is 6.92 Å². The molecule has 0 fully saturated rings. The van der Waals surface area contributed by atoms with E-state index in [1.54, 1.807) is 11.3 Å². The molecule has 0 aliphatic heterocycles. The molecule has 2 N–H and O–H groups in total. The van der Waals surface area contributed by atoms with E-state index in [2.05, 4.69) is 19.2 Å². The highest BCUT2D eigenvalue weighted by atomic mass is 32.1. The number of aliphatic hydroxyl groups is 1. The zero-order chi connectivity index (χ0) is 13.8. The van der Waals surface area contributed by atoms with Gasteiger partial charge in [0.25, 0.3) is 0 Å². The molecule has 2 aromatic rings. The second-order valence-corrected chi connectivity index (χ2v) is 5.98. The maximum absolute atomic E-state index is 10.1. The van der Waals surface area contributed by atoms with E-state index in [-0.39, 0.29) is 12.1 Å². The van der Waals surface area contributed by atoms with Gasteiger partial charge in [0, 0.05) is 10.9 Å². The van der Waals surface area contributed by atoms with Crippen molar-refractivity contribution in [3.8, 4) is 0 Å². The second-order valence-electron chi connectivity index (χ2n) is 5.00. The Morgan fingerprint density at radius 3 is 2.68 bits per heavy atom. The molecule has 0 saturated heterocycles. The maximum Gasteiger partial charge on any atom is 0.120 e. The number of furan rings is 1. The van der Waals surface area contributed by atoms with Gasteiger partial charge in [-0.1, -0.05) is 6.07 Å². The molecule has 2 heterocycles. The molecule has 0 aromatic carbocycles. The monoisotopic (exact) mass is 279 g/mol. The molecule has 3 atom stereocenters. The minimum Gasteiger partial charge on any atom is -0.465 e. The van der Waals surface area contributed by atoms with Gasteiger partial charge in [0.05, 0.1) is 12.1 Å². The number of nitrogens with one attached hydrogen (secondary N) is 1. The van der Waals surface area contributed by atoms with E-state index in [0.717, 1.165) is 16.4 Å². The number of aryl methyl sites for hydroxylation is 1. The van der Waals surface area contributed by atoms with Crippen LogP contribution in [0.2, 0.25) is 0 Å². The molecule has 104 valence electrons. The predicted octanol–water partition coefficient (Wildman–Crippen LogP) is 3.81. The quantitative estimate of drug-likeness (QED) is 0.845. The van der Waals surface area contributed by atoms with E-state index >= 15 is 0 Å². The summed E-state index contributed by atoms with van der Waals surface area (Å²) in [7, 11) is 0. The van der Waals surface area contributed by atoms with Crippen molar-refractivity contribution >= 4 is 11.3 Å². The van der Waals surface area contributed by atoms with E-state index in [1.807, 2.05) is 36.6 Å². The van der Waals surface area contributed by atoms with Crippen molar-refractivity contribution < 1.29 is 9.52 Å². The number of hydrogen-bond donors (Lipinski definition) is 2. The first-order valence-corrected chi connectivity index (χ1v) is 7.48. The van der Waals surface area contributed by atoms with Crippen LogP contribution >= 0.6 is 11.3 Å². The molecule has 0 aliphatic rings. The molecular formula is C15H21NO2S. The Morgan fingerprint density at radius 1 is 1.32 bits per heavy atom. The summed E-state index contributed by atoms with van der Waals surface area (Å²) in [6, 6.07) is 8.28. The molecule has 19 heavy (non-hydrogen) atoms. The van der Waals surface area contributed by atoms with Crippen LogP contribution in [0.1, 0.15) is 48.8 Å². The van der Waals surface area contributed by atoms with Crippen molar-refractivity contribution in [2.24, 2.45) is 0 Å². The average molecular weight is 279 g/mol. The molecule has 0 amide bonds. The minimum atomic E-state index is -0.395. The SMILES string of the molecule is Cc1ccc([C@H](C)N[C@@H](C)C[C@@H](O)c2cccs2)o1. The van der Waals surface area contributed by atoms with E-state index in [4.69, 9.17) is 4.42 Å². The van der Waals surface area contributed by atoms with Gasteiger partial charge in [-0.05, 0) is 50.8 Å². The van der Waals surface area contributed by atoms with E-state index < -0.39 is 6.10 Å². The summed E-state index contributed by atoms with van der Waals surface area (Å²) in [4.78, 5) is 1.02. The topological polar surface area (TPSA) is 45.4 Å². The highest BCUT2D eigenvalue weighted by Crippen LogP contribution is 2.24. The lowest BCUT2D eigenvalue weighted by Crippen LogP contribution is -2.30. The van der Waals surface area contributed by atoms with Crippen LogP contribution in [0.4, 0.5) is 0 Å². The van der Waals surface area contributed by atoms with Gasteiger partial charge in [-0.25, -0.2) is 0 Å². The molecule has 0 radical (unpaired) electrons. The fourth-order valence-electron chi connectivity index (χ4n) is 2.20. The maximum atomic E-state index is 10.1. The van der Waals surface area contributed by atoms with Crippen LogP contribution in [0.15, 0.2) is 34.1 Å². The molecule has 2 rings (SSSR count). The molecular weight excluding hydrogens is 258 g/mol. The summed E-state index contributed by atoms with van der Waals surface area (Å²) in [5.74, 6) is 1.87. The molecule has 0 saturated carbocycles. The predicted molar refractivity (Wildman–Crippen MR) is 78.4 cm³/mol. The van der Waals surface area contributed by atoms with Gasteiger partial charge in [-0.2, -0.15) is 0 Å². The second kappa shape index (κ2) is 6.37. The van der Waals surface area contributed by atoms with Gasteiger partial charge in [-0.15, -0.1) is 11.3 Å². The zero-order valence-corrected chi connectivity index (χ0v) is 12.4. The van der Waals surface area contributed by atoms with Gasteiger partial charge >= 0.3 is 0 Å². The third-order valence-corrected chi connectivity index (χ3v) is 4.14. The normalized spacial score (nSPS) is 16.2. The van der Waals surface area contributed by atoms with Crippen LogP contribution in [-0.4, -0.2) is 11.1 Å². The van der Waals surface area contributed by atoms with E-state index in [0.29, 0.717) is 6.42 Å². The first-order chi connectivity index (χ1) is 9.06. The first kappa shape index (κ1) is 14.3. The molecule has 3 nitrogen and oxygen atoms in total. The summed E-state index contributed by atoms with van der Waals surface area (Å²) in [6.45, 7) is 6.11. The highest BCUT2D eigenvalue weighted by Gasteiger charge is 2.17. The lowest BCUT2D eigenvalue weighted by atomic mass is 10.1. The lowest BCUT2D eigenvalue weighted by molar-refractivity contribution is 0.154. The van der Waals surface area contributed by atoms with Crippen LogP contribution in [0.25, 0.3) is 0 Å². The largest absolute Gasteiger partial charge is 0.465 e. The highest BCUT2D eigenvalue weighted by molar-refractivity contribution is 7.10. The molecule has 4 heteroatoms. The Hall–Kier alpha value is -1.10. The van der Waals surface area contributed by atoms with Crippen molar-refractivity contribution in [2.75, 3.05) is 0 Å². The fraction of sp³-hybridized carbons (Fsp3) is 0.467. The Balaban J connectivity index is 1.85. The van der Waals surface area contributed by atoms with Crippen LogP contribution in [-0.2, 0) is 0 Å². The van der Waals surface area contributed by atoms with Gasteiger partial charge < -0.3 is 14.8 Å². The smallest absolute Gasteiger partial charge is 0.120 e. The van der Waals surface area contributed by atoms with Gasteiger partial charge in [0.15, 0.2) is 0 Å². The van der Waals surface area contributed by atoms with Gasteiger partial charge in [-0.3, -0.25) is 0 Å². The van der Waals surface area contributed by atoms with Crippen molar-refractivity contribution in [3.05, 3.63) is 46.0 Å². The third kappa shape index (κ3) is 3.93. The van der Waals surface area contributed by atoms with Crippen LogP contribution < -0.4 is 5.32 Å². The number of thiophene rings is 1. The van der Waals surface area contributed by atoms with Crippen molar-refractivity contribution in [3.63, 3.8) is 0 Å². The summed E-state index contributed by atoms with van der Waals surface area (Å²) in [5, 5.41) is 15.6. The molecule has 0 aliphatic carbocycles. The van der Waals surface area contributed by atoms with Crippen molar-refractivity contribution in [1.29, 1.82) is 0 Å². The third-order valence-electron chi connectivity index (χ3n) is 3.17. The summed E-state index contributed by atoms with van der Waals surface area (Å²) < 4.78 is 5.60. The molecule has 2 aromatic heterocycles. The lowest BCUT2D eigenvalue weighted by Gasteiger charge is -2.20. The van der Waals surface area contributed by atoms with E-state index in [1.165, 1.54) is 0 Å². The average Bonchev–Trinajstić information content (AvgIpc) is 2.98. The number of hydrogen-bond acceptors (Lipinski definition) is 4. The van der Waals surface area contributed by atoms with Crippen molar-refractivity contribution in [2.45, 2.75) is 45.4 Å². The Kier molecular flexibility index (Phi) is 4.80. The molecule has 0 unspecified atom stereocenters. The zero-order valence-electron chi connectivity index (χ0n) is 11.6. The molecule has 0 spiro atoms. The van der Waals surface area contributed by atoms with Crippen molar-refractivity contribution in [1.82, 2.24) is 5.32 Å². The molecule has 0 bridgehead atoms. The van der Waals surface area contributed by atoms with Gasteiger partial charge in [0.2, 0.25) is 0 Å². The minimum absolute atomic E-state index is 0.152. The Bertz CT molecular complexity index is 492. The number of aliphatic hydroxyl groups excluding tert-OH is 1. The van der Waals surface area contributed by atoms with Crippen LogP contribution in [0.5, 0.6) is 0 Å². The standard InChI is InChI=1S/C15H21NO2S/c1-10(9-13(17)15-5-4-8-19-15)16-12(3)14-7-6-11(2)18-14/h4-8,10,12-13,16-17H,9H2,1-3H3/t10-,12-,13+/m0/s1. The number of rotatable bonds is 6. The van der Waals surface area contributed by atoms with E-state index in [9.17, 15) is 5.11 Å². The van der Waals surface area contributed by atoms with Crippen LogP contribution in [0.3, 0.4) is 0 Å². The summed E-state index contributed by atoms with van der Waals surface area (Å²) in [5.41, 5.74) is 0. The Labute approximate surface area is 118 Å². The first-order valence-electron chi connectivity index (χ1n) is 6.60. The van der Waals surface area contributed by atoms with Gasteiger partial charge in [0.1, 0.15) is 11.5 Å². The Morgan fingerprint density at radius 2 is 2.11 bits per heavy atom. The fourth-order valence-corrected chi connectivity index (χ4v) is 2.92. The summed E-state index contributed by atoms with van der Waals surface area (Å²) >= 11 is 1.60. The summed E-state index contributed by atoms with van der Waals surface area (Å²) in [6.07, 6.45) is 0.304.